The lowest BCUT2D eigenvalue weighted by atomic mass is 10.1. The molecule has 0 aliphatic rings. The normalized spacial score (nSPS) is 10.7. The minimum Gasteiger partial charge on any atom is -0.452 e. The first-order valence-corrected chi connectivity index (χ1v) is 9.64. The van der Waals surface area contributed by atoms with E-state index in [1.807, 2.05) is 36.4 Å². The number of carbonyl (C=O) groups excluding carboxylic acids is 2. The van der Waals surface area contributed by atoms with Crippen molar-refractivity contribution in [1.82, 2.24) is 20.3 Å². The van der Waals surface area contributed by atoms with E-state index in [1.54, 1.807) is 28.9 Å². The monoisotopic (exact) mass is 418 g/mol. The standard InChI is InChI=1S/C23H19FN4O3/c24-19-11-7-16(8-12-19)13-25-22(29)15-31-23(30)18-9-5-17(6-10-18)14-28-21-4-2-1-3-20(21)26-27-28/h1-12H,13-15H2,(H,25,29). The van der Waals surface area contributed by atoms with Gasteiger partial charge in [0.2, 0.25) is 0 Å². The zero-order valence-corrected chi connectivity index (χ0v) is 16.5. The maximum absolute atomic E-state index is 12.9. The van der Waals surface area contributed by atoms with Gasteiger partial charge in [0.1, 0.15) is 11.3 Å². The second kappa shape index (κ2) is 9.17. The van der Waals surface area contributed by atoms with Crippen LogP contribution in [0, 0.1) is 5.82 Å². The third-order valence-electron chi connectivity index (χ3n) is 4.68. The maximum Gasteiger partial charge on any atom is 0.338 e. The Morgan fingerprint density at radius 3 is 2.42 bits per heavy atom. The molecule has 4 aromatic rings. The highest BCUT2D eigenvalue weighted by Gasteiger charge is 2.11. The van der Waals surface area contributed by atoms with Crippen LogP contribution < -0.4 is 5.32 Å². The Balaban J connectivity index is 1.28. The molecule has 1 N–H and O–H groups in total. The van der Waals surface area contributed by atoms with Crippen LogP contribution in [0.15, 0.2) is 72.8 Å². The average molecular weight is 418 g/mol. The van der Waals surface area contributed by atoms with Crippen molar-refractivity contribution >= 4 is 22.9 Å². The van der Waals surface area contributed by atoms with Crippen molar-refractivity contribution < 1.29 is 18.7 Å². The molecule has 0 unspecified atom stereocenters. The van der Waals surface area contributed by atoms with E-state index >= 15 is 0 Å². The summed E-state index contributed by atoms with van der Waals surface area (Å²) in [4.78, 5) is 24.1. The van der Waals surface area contributed by atoms with Gasteiger partial charge >= 0.3 is 5.97 Å². The molecular weight excluding hydrogens is 399 g/mol. The SMILES string of the molecule is O=C(COC(=O)c1ccc(Cn2nnc3ccccc32)cc1)NCc1ccc(F)cc1. The Bertz CT molecular complexity index is 1200. The first-order chi connectivity index (χ1) is 15.1. The third kappa shape index (κ3) is 5.11. The van der Waals surface area contributed by atoms with Gasteiger partial charge in [-0.3, -0.25) is 4.79 Å². The summed E-state index contributed by atoms with van der Waals surface area (Å²) in [6, 6.07) is 20.4. The molecule has 0 bridgehead atoms. The molecule has 0 saturated heterocycles. The molecule has 1 aromatic heterocycles. The van der Waals surface area contributed by atoms with Crippen molar-refractivity contribution in [3.8, 4) is 0 Å². The van der Waals surface area contributed by atoms with E-state index in [2.05, 4.69) is 15.6 Å². The van der Waals surface area contributed by atoms with Gasteiger partial charge in [-0.25, -0.2) is 13.9 Å². The molecule has 8 heteroatoms. The quantitative estimate of drug-likeness (QED) is 0.466. The summed E-state index contributed by atoms with van der Waals surface area (Å²) in [5.41, 5.74) is 3.79. The number of ether oxygens (including phenoxy) is 1. The summed E-state index contributed by atoms with van der Waals surface area (Å²) in [5.74, 6) is -1.37. The van der Waals surface area contributed by atoms with Gasteiger partial charge < -0.3 is 10.1 Å². The molecular formula is C23H19FN4O3. The predicted molar refractivity (Wildman–Crippen MR) is 112 cm³/mol. The second-order valence-electron chi connectivity index (χ2n) is 6.91. The smallest absolute Gasteiger partial charge is 0.338 e. The van der Waals surface area contributed by atoms with Crippen molar-refractivity contribution in [3.05, 3.63) is 95.3 Å². The summed E-state index contributed by atoms with van der Waals surface area (Å²) < 4.78 is 19.7. The minimum atomic E-state index is -0.588. The maximum atomic E-state index is 12.9. The first kappa shape index (κ1) is 20.2. The van der Waals surface area contributed by atoms with Gasteiger partial charge in [-0.2, -0.15) is 0 Å². The van der Waals surface area contributed by atoms with Crippen LogP contribution in [-0.4, -0.2) is 33.5 Å². The lowest BCUT2D eigenvalue weighted by molar-refractivity contribution is -0.124. The fourth-order valence-electron chi connectivity index (χ4n) is 3.02. The van der Waals surface area contributed by atoms with Gasteiger partial charge in [0.05, 0.1) is 17.6 Å². The molecule has 156 valence electrons. The highest BCUT2D eigenvalue weighted by Crippen LogP contribution is 2.13. The number of halogens is 1. The Kier molecular flexibility index (Phi) is 5.98. The Morgan fingerprint density at radius 1 is 0.935 bits per heavy atom. The van der Waals surface area contributed by atoms with E-state index in [4.69, 9.17) is 4.74 Å². The molecule has 1 heterocycles. The summed E-state index contributed by atoms with van der Waals surface area (Å²) in [7, 11) is 0. The summed E-state index contributed by atoms with van der Waals surface area (Å²) >= 11 is 0. The highest BCUT2D eigenvalue weighted by molar-refractivity contribution is 5.91. The van der Waals surface area contributed by atoms with E-state index in [9.17, 15) is 14.0 Å². The fraction of sp³-hybridized carbons (Fsp3) is 0.130. The fourth-order valence-corrected chi connectivity index (χ4v) is 3.02. The molecule has 0 radical (unpaired) electrons. The summed E-state index contributed by atoms with van der Waals surface area (Å²) in [6.07, 6.45) is 0. The van der Waals surface area contributed by atoms with Crippen molar-refractivity contribution in [3.63, 3.8) is 0 Å². The number of hydrogen-bond acceptors (Lipinski definition) is 5. The molecule has 7 nitrogen and oxygen atoms in total. The van der Waals surface area contributed by atoms with Gasteiger partial charge in [-0.15, -0.1) is 5.10 Å². The second-order valence-corrected chi connectivity index (χ2v) is 6.91. The largest absolute Gasteiger partial charge is 0.452 e. The van der Waals surface area contributed by atoms with Crippen LogP contribution in [0.2, 0.25) is 0 Å². The number of aromatic nitrogens is 3. The van der Waals surface area contributed by atoms with Crippen LogP contribution in [0.1, 0.15) is 21.5 Å². The number of nitrogens with one attached hydrogen (secondary N) is 1. The van der Waals surface area contributed by atoms with Crippen LogP contribution in [0.5, 0.6) is 0 Å². The molecule has 31 heavy (non-hydrogen) atoms. The number of fused-ring (bicyclic) bond motifs is 1. The predicted octanol–water partition coefficient (Wildman–Crippen LogP) is 3.09. The molecule has 0 aliphatic heterocycles. The number of rotatable bonds is 7. The van der Waals surface area contributed by atoms with Crippen molar-refractivity contribution in [2.24, 2.45) is 0 Å². The van der Waals surface area contributed by atoms with Gasteiger partial charge in [-0.05, 0) is 47.5 Å². The Labute approximate surface area is 177 Å². The van der Waals surface area contributed by atoms with Gasteiger partial charge in [0, 0.05) is 6.54 Å². The summed E-state index contributed by atoms with van der Waals surface area (Å²) in [6.45, 7) is 0.344. The van der Waals surface area contributed by atoms with E-state index in [1.165, 1.54) is 12.1 Å². The van der Waals surface area contributed by atoms with Crippen LogP contribution in [0.4, 0.5) is 4.39 Å². The van der Waals surface area contributed by atoms with Crippen LogP contribution in [0.3, 0.4) is 0 Å². The van der Waals surface area contributed by atoms with E-state index in [0.717, 1.165) is 22.2 Å². The van der Waals surface area contributed by atoms with E-state index in [-0.39, 0.29) is 12.4 Å². The molecule has 0 spiro atoms. The third-order valence-corrected chi connectivity index (χ3v) is 4.68. The molecule has 0 aliphatic carbocycles. The molecule has 4 rings (SSSR count). The molecule has 3 aromatic carbocycles. The van der Waals surface area contributed by atoms with E-state index < -0.39 is 18.5 Å². The molecule has 0 saturated carbocycles. The van der Waals surface area contributed by atoms with E-state index in [0.29, 0.717) is 12.1 Å². The lowest BCUT2D eigenvalue weighted by Gasteiger charge is -2.08. The molecule has 0 atom stereocenters. The topological polar surface area (TPSA) is 86.1 Å². The number of carbonyl (C=O) groups is 2. The Hall–Kier alpha value is -4.07. The van der Waals surface area contributed by atoms with Crippen molar-refractivity contribution in [2.75, 3.05) is 6.61 Å². The summed E-state index contributed by atoms with van der Waals surface area (Å²) in [5, 5.41) is 10.9. The van der Waals surface area contributed by atoms with Crippen molar-refractivity contribution in [1.29, 1.82) is 0 Å². The van der Waals surface area contributed by atoms with Gasteiger partial charge in [-0.1, -0.05) is 41.6 Å². The number of para-hydroxylation sites is 1. The first-order valence-electron chi connectivity index (χ1n) is 9.64. The van der Waals surface area contributed by atoms with Crippen LogP contribution >= 0.6 is 0 Å². The minimum absolute atomic E-state index is 0.225. The van der Waals surface area contributed by atoms with Gasteiger partial charge in [0.15, 0.2) is 6.61 Å². The molecule has 0 fully saturated rings. The lowest BCUT2D eigenvalue weighted by Crippen LogP contribution is -2.28. The van der Waals surface area contributed by atoms with Crippen LogP contribution in [-0.2, 0) is 22.6 Å². The number of benzene rings is 3. The Morgan fingerprint density at radius 2 is 1.65 bits per heavy atom. The number of nitrogens with zero attached hydrogens (tertiary/aromatic N) is 3. The number of amides is 1. The zero-order valence-electron chi connectivity index (χ0n) is 16.5. The van der Waals surface area contributed by atoms with Crippen LogP contribution in [0.25, 0.3) is 11.0 Å². The zero-order chi connectivity index (χ0) is 21.6. The number of hydrogen-bond donors (Lipinski definition) is 1. The average Bonchev–Trinajstić information content (AvgIpc) is 3.20. The highest BCUT2D eigenvalue weighted by atomic mass is 19.1. The van der Waals surface area contributed by atoms with Crippen molar-refractivity contribution in [2.45, 2.75) is 13.1 Å². The van der Waals surface area contributed by atoms with Gasteiger partial charge in [0.25, 0.3) is 5.91 Å². The number of esters is 1. The molecule has 1 amide bonds.